The van der Waals surface area contributed by atoms with Gasteiger partial charge in [0.25, 0.3) is 0 Å². The van der Waals surface area contributed by atoms with Gasteiger partial charge < -0.3 is 10.1 Å². The van der Waals surface area contributed by atoms with Gasteiger partial charge in [-0.3, -0.25) is 0 Å². The molecule has 0 bridgehead atoms. The molecular formula is C12H13BrClNO. The van der Waals surface area contributed by atoms with E-state index < -0.39 is 0 Å². The number of fused-ring (bicyclic) bond motifs is 3. The van der Waals surface area contributed by atoms with Gasteiger partial charge in [0.05, 0.1) is 17.7 Å². The van der Waals surface area contributed by atoms with Crippen LogP contribution in [0.1, 0.15) is 23.5 Å². The van der Waals surface area contributed by atoms with Crippen molar-refractivity contribution in [1.29, 1.82) is 0 Å². The molecule has 2 heterocycles. The van der Waals surface area contributed by atoms with Crippen LogP contribution < -0.4 is 5.32 Å². The lowest BCUT2D eigenvalue weighted by Gasteiger charge is -2.37. The third-order valence-corrected chi connectivity index (χ3v) is 4.81. The Morgan fingerprint density at radius 3 is 3.19 bits per heavy atom. The molecule has 2 aliphatic rings. The van der Waals surface area contributed by atoms with Crippen LogP contribution in [-0.2, 0) is 11.3 Å². The summed E-state index contributed by atoms with van der Waals surface area (Å²) >= 11 is 9.75. The highest BCUT2D eigenvalue weighted by atomic mass is 79.9. The first kappa shape index (κ1) is 11.0. The van der Waals surface area contributed by atoms with Crippen molar-refractivity contribution in [3.05, 3.63) is 32.8 Å². The van der Waals surface area contributed by atoms with E-state index in [2.05, 4.69) is 27.3 Å². The minimum atomic E-state index is 0.367. The summed E-state index contributed by atoms with van der Waals surface area (Å²) in [6.45, 7) is 2.70. The summed E-state index contributed by atoms with van der Waals surface area (Å²) in [6, 6.07) is 4.22. The lowest BCUT2D eigenvalue weighted by molar-refractivity contribution is -0.00678. The smallest absolute Gasteiger partial charge is 0.0738 e. The Hall–Kier alpha value is -0.0900. The zero-order valence-corrected chi connectivity index (χ0v) is 11.1. The molecule has 1 fully saturated rings. The Bertz CT molecular complexity index is 424. The second-order valence-corrected chi connectivity index (χ2v) is 5.61. The molecule has 0 saturated carbocycles. The number of hydrogen-bond donors (Lipinski definition) is 1. The van der Waals surface area contributed by atoms with Gasteiger partial charge in [0, 0.05) is 22.5 Å². The van der Waals surface area contributed by atoms with Crippen LogP contribution in [0.5, 0.6) is 0 Å². The third kappa shape index (κ3) is 1.70. The fourth-order valence-electron chi connectivity index (χ4n) is 2.64. The van der Waals surface area contributed by atoms with Crippen LogP contribution in [0, 0.1) is 0 Å². The third-order valence-electron chi connectivity index (χ3n) is 3.49. The maximum absolute atomic E-state index is 6.30. The maximum Gasteiger partial charge on any atom is 0.0738 e. The Kier molecular flexibility index (Phi) is 2.96. The molecule has 0 aromatic heterocycles. The molecule has 1 saturated heterocycles. The standard InChI is InChI=1S/C12H13BrClNO/c13-10-2-1-7-8-5-15-4-3-11(8)16-6-9(7)12(10)14/h1-2,8,11,15H,3-6H2/t8-,11+/m0/s1. The van der Waals surface area contributed by atoms with Crippen molar-refractivity contribution in [3.8, 4) is 0 Å². The predicted octanol–water partition coefficient (Wildman–Crippen LogP) is 3.08. The van der Waals surface area contributed by atoms with E-state index in [4.69, 9.17) is 16.3 Å². The Balaban J connectivity index is 2.05. The average Bonchev–Trinajstić information content (AvgIpc) is 2.33. The van der Waals surface area contributed by atoms with E-state index in [0.29, 0.717) is 18.6 Å². The zero-order chi connectivity index (χ0) is 11.1. The fraction of sp³-hybridized carbons (Fsp3) is 0.500. The van der Waals surface area contributed by atoms with E-state index >= 15 is 0 Å². The molecule has 0 unspecified atom stereocenters. The molecule has 1 aromatic rings. The molecule has 2 aliphatic heterocycles. The molecule has 3 rings (SSSR count). The van der Waals surface area contributed by atoms with Crippen LogP contribution in [0.2, 0.25) is 5.02 Å². The first-order valence-electron chi connectivity index (χ1n) is 5.56. The monoisotopic (exact) mass is 301 g/mol. The van der Waals surface area contributed by atoms with Crippen LogP contribution in [-0.4, -0.2) is 19.2 Å². The van der Waals surface area contributed by atoms with Crippen molar-refractivity contribution >= 4 is 27.5 Å². The number of ether oxygens (including phenoxy) is 1. The quantitative estimate of drug-likeness (QED) is 0.795. The summed E-state index contributed by atoms with van der Waals surface area (Å²) in [4.78, 5) is 0. The van der Waals surface area contributed by atoms with Gasteiger partial charge in [-0.2, -0.15) is 0 Å². The van der Waals surface area contributed by atoms with E-state index in [1.165, 1.54) is 5.56 Å². The van der Waals surface area contributed by atoms with Gasteiger partial charge in [-0.1, -0.05) is 17.7 Å². The van der Waals surface area contributed by atoms with E-state index in [9.17, 15) is 0 Å². The van der Waals surface area contributed by atoms with E-state index in [1.807, 2.05) is 6.07 Å². The summed E-state index contributed by atoms with van der Waals surface area (Å²) in [6.07, 6.45) is 1.46. The molecule has 0 radical (unpaired) electrons. The van der Waals surface area contributed by atoms with Crippen LogP contribution in [0.25, 0.3) is 0 Å². The zero-order valence-electron chi connectivity index (χ0n) is 8.80. The van der Waals surface area contributed by atoms with Gasteiger partial charge in [-0.05, 0) is 40.5 Å². The van der Waals surface area contributed by atoms with Gasteiger partial charge in [0.1, 0.15) is 0 Å². The summed E-state index contributed by atoms with van der Waals surface area (Å²) in [5, 5.41) is 4.23. The summed E-state index contributed by atoms with van der Waals surface area (Å²) < 4.78 is 6.86. The number of hydrogen-bond acceptors (Lipinski definition) is 2. The number of halogens is 2. The minimum Gasteiger partial charge on any atom is -0.373 e. The molecule has 0 aliphatic carbocycles. The van der Waals surface area contributed by atoms with E-state index in [-0.39, 0.29) is 0 Å². The molecule has 4 heteroatoms. The summed E-state index contributed by atoms with van der Waals surface area (Å²) in [5.74, 6) is 0.461. The lowest BCUT2D eigenvalue weighted by Crippen LogP contribution is -2.42. The molecule has 0 amide bonds. The number of piperidine rings is 1. The van der Waals surface area contributed by atoms with E-state index in [0.717, 1.165) is 34.6 Å². The second kappa shape index (κ2) is 4.30. The first-order chi connectivity index (χ1) is 7.77. The fourth-order valence-corrected chi connectivity index (χ4v) is 3.23. The highest BCUT2D eigenvalue weighted by molar-refractivity contribution is 9.10. The minimum absolute atomic E-state index is 0.367. The molecule has 16 heavy (non-hydrogen) atoms. The summed E-state index contributed by atoms with van der Waals surface area (Å²) in [7, 11) is 0. The maximum atomic E-state index is 6.30. The van der Waals surface area contributed by atoms with Gasteiger partial charge in [0.15, 0.2) is 0 Å². The Labute approximate surface area is 108 Å². The van der Waals surface area contributed by atoms with Gasteiger partial charge in [-0.15, -0.1) is 0 Å². The molecule has 2 atom stereocenters. The van der Waals surface area contributed by atoms with Crippen LogP contribution in [0.3, 0.4) is 0 Å². The second-order valence-electron chi connectivity index (χ2n) is 4.38. The molecule has 1 aromatic carbocycles. The molecule has 0 spiro atoms. The van der Waals surface area contributed by atoms with Crippen molar-refractivity contribution < 1.29 is 4.74 Å². The SMILES string of the molecule is Clc1c(Br)ccc2c1CO[C@@H]1CCNC[C@@H]21. The van der Waals surface area contributed by atoms with Crippen LogP contribution in [0.4, 0.5) is 0 Å². The topological polar surface area (TPSA) is 21.3 Å². The van der Waals surface area contributed by atoms with Crippen molar-refractivity contribution in [2.24, 2.45) is 0 Å². The van der Waals surface area contributed by atoms with Crippen molar-refractivity contribution in [3.63, 3.8) is 0 Å². The number of benzene rings is 1. The Morgan fingerprint density at radius 2 is 2.31 bits per heavy atom. The van der Waals surface area contributed by atoms with Gasteiger partial charge >= 0.3 is 0 Å². The van der Waals surface area contributed by atoms with Crippen LogP contribution in [0.15, 0.2) is 16.6 Å². The van der Waals surface area contributed by atoms with Gasteiger partial charge in [-0.25, -0.2) is 0 Å². The molecule has 1 N–H and O–H groups in total. The normalized spacial score (nSPS) is 28.4. The molecule has 86 valence electrons. The molecular weight excluding hydrogens is 289 g/mol. The first-order valence-corrected chi connectivity index (χ1v) is 6.73. The largest absolute Gasteiger partial charge is 0.373 e. The van der Waals surface area contributed by atoms with Crippen molar-refractivity contribution in [1.82, 2.24) is 5.32 Å². The predicted molar refractivity (Wildman–Crippen MR) is 68.0 cm³/mol. The number of rotatable bonds is 0. The average molecular weight is 303 g/mol. The van der Waals surface area contributed by atoms with Crippen molar-refractivity contribution in [2.45, 2.75) is 25.0 Å². The highest BCUT2D eigenvalue weighted by Gasteiger charge is 2.33. The van der Waals surface area contributed by atoms with Crippen molar-refractivity contribution in [2.75, 3.05) is 13.1 Å². The highest BCUT2D eigenvalue weighted by Crippen LogP contribution is 2.39. The number of nitrogens with one attached hydrogen (secondary N) is 1. The lowest BCUT2D eigenvalue weighted by atomic mass is 9.84. The van der Waals surface area contributed by atoms with Gasteiger partial charge in [0.2, 0.25) is 0 Å². The van der Waals surface area contributed by atoms with E-state index in [1.54, 1.807) is 0 Å². The Morgan fingerprint density at radius 1 is 1.44 bits per heavy atom. The summed E-state index contributed by atoms with van der Waals surface area (Å²) in [5.41, 5.74) is 2.51. The van der Waals surface area contributed by atoms with Crippen LogP contribution >= 0.6 is 27.5 Å². The molecule has 2 nitrogen and oxygen atoms in total.